The van der Waals surface area contributed by atoms with Gasteiger partial charge in [0.2, 0.25) is 0 Å². The van der Waals surface area contributed by atoms with Crippen molar-refractivity contribution in [2.24, 2.45) is 0 Å². The quantitative estimate of drug-likeness (QED) is 0.773. The van der Waals surface area contributed by atoms with Crippen LogP contribution >= 0.6 is 11.6 Å². The number of halogens is 1. The Morgan fingerprint density at radius 2 is 1.94 bits per heavy atom. The largest absolute Gasteiger partial charge is 0.395 e. The highest BCUT2D eigenvalue weighted by Gasteiger charge is 2.02. The number of aromatic nitrogens is 2. The van der Waals surface area contributed by atoms with Gasteiger partial charge in [-0.25, -0.2) is 9.97 Å². The Balaban J connectivity index is 2.12. The van der Waals surface area contributed by atoms with Gasteiger partial charge < -0.3 is 15.7 Å². The van der Waals surface area contributed by atoms with E-state index in [1.54, 1.807) is 12.1 Å². The van der Waals surface area contributed by atoms with Gasteiger partial charge in [-0.3, -0.25) is 0 Å². The van der Waals surface area contributed by atoms with Crippen molar-refractivity contribution in [1.29, 1.82) is 0 Å². The summed E-state index contributed by atoms with van der Waals surface area (Å²) in [6, 6.07) is 9.17. The lowest BCUT2D eigenvalue weighted by Crippen LogP contribution is -2.07. The molecule has 1 aromatic carbocycles. The van der Waals surface area contributed by atoms with E-state index >= 15 is 0 Å². The van der Waals surface area contributed by atoms with Crippen molar-refractivity contribution in [1.82, 2.24) is 9.97 Å². The van der Waals surface area contributed by atoms with Crippen LogP contribution in [0.4, 0.5) is 17.3 Å². The minimum atomic E-state index is 0.0529. The van der Waals surface area contributed by atoms with Gasteiger partial charge in [0, 0.05) is 12.6 Å². The first kappa shape index (κ1) is 12.6. The van der Waals surface area contributed by atoms with Gasteiger partial charge in [-0.05, 0) is 12.1 Å². The summed E-state index contributed by atoms with van der Waals surface area (Å²) in [5, 5.41) is 15.4. The maximum Gasteiger partial charge on any atom is 0.135 e. The fourth-order valence-corrected chi connectivity index (χ4v) is 1.59. The van der Waals surface area contributed by atoms with Crippen LogP contribution in [0.3, 0.4) is 0 Å². The normalized spacial score (nSPS) is 10.1. The van der Waals surface area contributed by atoms with Crippen molar-refractivity contribution in [2.45, 2.75) is 0 Å². The molecule has 2 aromatic rings. The lowest BCUT2D eigenvalue weighted by atomic mass is 10.3. The van der Waals surface area contributed by atoms with Crippen LogP contribution in [0.15, 0.2) is 36.7 Å². The molecule has 0 saturated heterocycles. The monoisotopic (exact) mass is 264 g/mol. The number of aliphatic hydroxyl groups is 1. The summed E-state index contributed by atoms with van der Waals surface area (Å²) < 4.78 is 0. The SMILES string of the molecule is OCCNc1cc(Nc2ccccc2Cl)ncn1. The zero-order chi connectivity index (χ0) is 12.8. The van der Waals surface area contributed by atoms with Crippen LogP contribution in [0.2, 0.25) is 5.02 Å². The van der Waals surface area contributed by atoms with Gasteiger partial charge in [-0.1, -0.05) is 23.7 Å². The van der Waals surface area contributed by atoms with E-state index in [1.165, 1.54) is 6.33 Å². The van der Waals surface area contributed by atoms with Gasteiger partial charge in [0.15, 0.2) is 0 Å². The molecule has 0 radical (unpaired) electrons. The summed E-state index contributed by atoms with van der Waals surface area (Å²) in [7, 11) is 0. The second-order valence-electron chi connectivity index (χ2n) is 3.54. The number of benzene rings is 1. The summed E-state index contributed by atoms with van der Waals surface area (Å²) in [6.07, 6.45) is 1.44. The second kappa shape index (κ2) is 6.18. The van der Waals surface area contributed by atoms with Crippen LogP contribution in [-0.4, -0.2) is 28.2 Å². The number of hydrogen-bond donors (Lipinski definition) is 3. The molecule has 18 heavy (non-hydrogen) atoms. The predicted molar refractivity (Wildman–Crippen MR) is 72.3 cm³/mol. The van der Waals surface area contributed by atoms with Crippen LogP contribution in [0, 0.1) is 0 Å². The predicted octanol–water partition coefficient (Wildman–Crippen LogP) is 2.28. The Morgan fingerprint density at radius 3 is 2.72 bits per heavy atom. The summed E-state index contributed by atoms with van der Waals surface area (Å²) in [5.41, 5.74) is 0.783. The first-order chi connectivity index (χ1) is 8.79. The molecule has 0 aliphatic heterocycles. The van der Waals surface area contributed by atoms with Crippen molar-refractivity contribution in [2.75, 3.05) is 23.8 Å². The topological polar surface area (TPSA) is 70.1 Å². The third kappa shape index (κ3) is 3.32. The molecule has 0 saturated carbocycles. The fourth-order valence-electron chi connectivity index (χ4n) is 1.41. The molecule has 0 aliphatic carbocycles. The van der Waals surface area contributed by atoms with Crippen LogP contribution in [-0.2, 0) is 0 Å². The maximum absolute atomic E-state index is 8.73. The van der Waals surface area contributed by atoms with E-state index in [0.29, 0.717) is 23.2 Å². The highest BCUT2D eigenvalue weighted by atomic mass is 35.5. The maximum atomic E-state index is 8.73. The standard InChI is InChI=1S/C12H13ClN4O/c13-9-3-1-2-4-10(9)17-12-7-11(14-5-6-18)15-8-16-12/h1-4,7-8,18H,5-6H2,(H2,14,15,16,17). The first-order valence-electron chi connectivity index (χ1n) is 5.48. The molecule has 0 aliphatic rings. The van der Waals surface area contributed by atoms with Gasteiger partial charge in [0.25, 0.3) is 0 Å². The number of rotatable bonds is 5. The molecule has 1 aromatic heterocycles. The third-order valence-corrected chi connectivity index (χ3v) is 2.55. The second-order valence-corrected chi connectivity index (χ2v) is 3.95. The molecular weight excluding hydrogens is 252 g/mol. The molecule has 2 rings (SSSR count). The van der Waals surface area contributed by atoms with E-state index in [-0.39, 0.29) is 6.61 Å². The van der Waals surface area contributed by atoms with E-state index in [9.17, 15) is 0 Å². The van der Waals surface area contributed by atoms with Gasteiger partial charge in [-0.15, -0.1) is 0 Å². The van der Waals surface area contributed by atoms with Gasteiger partial charge in [0.05, 0.1) is 17.3 Å². The molecule has 0 fully saturated rings. The summed E-state index contributed by atoms with van der Waals surface area (Å²) in [5.74, 6) is 1.28. The van der Waals surface area contributed by atoms with Gasteiger partial charge in [0.1, 0.15) is 18.0 Å². The number of hydrogen-bond acceptors (Lipinski definition) is 5. The summed E-state index contributed by atoms with van der Waals surface area (Å²) >= 11 is 6.04. The number of aliphatic hydroxyl groups excluding tert-OH is 1. The highest BCUT2D eigenvalue weighted by molar-refractivity contribution is 6.33. The zero-order valence-corrected chi connectivity index (χ0v) is 10.4. The summed E-state index contributed by atoms with van der Waals surface area (Å²) in [6.45, 7) is 0.500. The van der Waals surface area contributed by atoms with E-state index in [2.05, 4.69) is 20.6 Å². The molecule has 0 spiro atoms. The van der Waals surface area contributed by atoms with Crippen LogP contribution in [0.5, 0.6) is 0 Å². The Kier molecular flexibility index (Phi) is 4.33. The molecule has 6 heteroatoms. The first-order valence-corrected chi connectivity index (χ1v) is 5.86. The van der Waals surface area contributed by atoms with E-state index < -0.39 is 0 Å². The van der Waals surface area contributed by atoms with Gasteiger partial charge in [-0.2, -0.15) is 0 Å². The molecule has 5 nitrogen and oxygen atoms in total. The molecule has 0 amide bonds. The lowest BCUT2D eigenvalue weighted by molar-refractivity contribution is 0.311. The molecule has 0 unspecified atom stereocenters. The Labute approximate surface area is 110 Å². The molecule has 3 N–H and O–H groups in total. The zero-order valence-electron chi connectivity index (χ0n) is 9.60. The Hall–Kier alpha value is -1.85. The lowest BCUT2D eigenvalue weighted by Gasteiger charge is -2.08. The van der Waals surface area contributed by atoms with Crippen molar-refractivity contribution in [3.05, 3.63) is 41.7 Å². The van der Waals surface area contributed by atoms with Crippen LogP contribution < -0.4 is 10.6 Å². The number of nitrogens with one attached hydrogen (secondary N) is 2. The van der Waals surface area contributed by atoms with Crippen LogP contribution in [0.25, 0.3) is 0 Å². The highest BCUT2D eigenvalue weighted by Crippen LogP contribution is 2.24. The van der Waals surface area contributed by atoms with E-state index in [4.69, 9.17) is 16.7 Å². The molecule has 0 bridgehead atoms. The minimum absolute atomic E-state index is 0.0529. The Morgan fingerprint density at radius 1 is 1.17 bits per heavy atom. The Bertz CT molecular complexity index is 521. The number of nitrogens with zero attached hydrogens (tertiary/aromatic N) is 2. The fraction of sp³-hybridized carbons (Fsp3) is 0.167. The number of anilines is 3. The molecular formula is C12H13ClN4O. The smallest absolute Gasteiger partial charge is 0.135 e. The van der Waals surface area contributed by atoms with Crippen molar-refractivity contribution in [3.8, 4) is 0 Å². The molecule has 0 atom stereocenters. The summed E-state index contributed by atoms with van der Waals surface area (Å²) in [4.78, 5) is 8.14. The van der Waals surface area contributed by atoms with Crippen molar-refractivity contribution in [3.63, 3.8) is 0 Å². The van der Waals surface area contributed by atoms with Crippen molar-refractivity contribution >= 4 is 28.9 Å². The average molecular weight is 265 g/mol. The average Bonchev–Trinajstić information content (AvgIpc) is 2.40. The molecule has 94 valence electrons. The molecule has 1 heterocycles. The third-order valence-electron chi connectivity index (χ3n) is 2.22. The van der Waals surface area contributed by atoms with E-state index in [0.717, 1.165) is 5.69 Å². The van der Waals surface area contributed by atoms with Crippen LogP contribution in [0.1, 0.15) is 0 Å². The van der Waals surface area contributed by atoms with Crippen molar-refractivity contribution < 1.29 is 5.11 Å². The number of para-hydroxylation sites is 1. The van der Waals surface area contributed by atoms with Gasteiger partial charge >= 0.3 is 0 Å². The van der Waals surface area contributed by atoms with E-state index in [1.807, 2.05) is 18.2 Å². The minimum Gasteiger partial charge on any atom is -0.395 e.